The van der Waals surface area contributed by atoms with Gasteiger partial charge < -0.3 is 10.1 Å². The van der Waals surface area contributed by atoms with Crippen LogP contribution in [0.5, 0.6) is 0 Å². The molecular formula is C14H15FN4O. The standard InChI is InChI=1S/C14H15FN4O/c1-8-17-18-13-14(2,3)16-11-9(6-7-20)4-5-10(15)12(11)19(8)13/h4-5,7,16H,6H2,1-3H3. The van der Waals surface area contributed by atoms with Crippen LogP contribution in [0, 0.1) is 12.7 Å². The van der Waals surface area contributed by atoms with E-state index in [1.165, 1.54) is 6.07 Å². The minimum absolute atomic E-state index is 0.238. The molecule has 0 radical (unpaired) electrons. The van der Waals surface area contributed by atoms with Gasteiger partial charge in [-0.25, -0.2) is 4.39 Å². The Morgan fingerprint density at radius 3 is 2.85 bits per heavy atom. The molecule has 104 valence electrons. The Hall–Kier alpha value is -2.24. The van der Waals surface area contributed by atoms with Crippen LogP contribution in [0.3, 0.4) is 0 Å². The van der Waals surface area contributed by atoms with Crippen LogP contribution >= 0.6 is 0 Å². The highest BCUT2D eigenvalue weighted by molar-refractivity contribution is 5.74. The lowest BCUT2D eigenvalue weighted by Crippen LogP contribution is -2.37. The second-order valence-corrected chi connectivity index (χ2v) is 5.46. The van der Waals surface area contributed by atoms with Crippen molar-refractivity contribution in [2.45, 2.75) is 32.7 Å². The number of halogens is 1. The molecule has 1 aliphatic heterocycles. The molecule has 1 aromatic carbocycles. The Morgan fingerprint density at radius 2 is 2.15 bits per heavy atom. The van der Waals surface area contributed by atoms with Crippen LogP contribution in [-0.2, 0) is 16.8 Å². The number of anilines is 1. The Morgan fingerprint density at radius 1 is 1.40 bits per heavy atom. The summed E-state index contributed by atoms with van der Waals surface area (Å²) in [6.45, 7) is 5.69. The van der Waals surface area contributed by atoms with Crippen LogP contribution in [0.15, 0.2) is 12.1 Å². The van der Waals surface area contributed by atoms with E-state index in [0.29, 0.717) is 23.0 Å². The van der Waals surface area contributed by atoms with E-state index in [9.17, 15) is 9.18 Å². The molecule has 0 unspecified atom stereocenters. The molecule has 0 amide bonds. The van der Waals surface area contributed by atoms with Gasteiger partial charge >= 0.3 is 0 Å². The summed E-state index contributed by atoms with van der Waals surface area (Å²) in [5.74, 6) is 0.921. The number of hydrogen-bond acceptors (Lipinski definition) is 4. The van der Waals surface area contributed by atoms with Crippen molar-refractivity contribution in [1.29, 1.82) is 0 Å². The average Bonchev–Trinajstić information content (AvgIpc) is 2.76. The number of aldehydes is 1. The predicted molar refractivity (Wildman–Crippen MR) is 72.5 cm³/mol. The molecule has 1 aromatic heterocycles. The van der Waals surface area contributed by atoms with Gasteiger partial charge in [0.1, 0.15) is 23.6 Å². The minimum Gasteiger partial charge on any atom is -0.371 e. The zero-order valence-corrected chi connectivity index (χ0v) is 11.6. The fourth-order valence-electron chi connectivity index (χ4n) is 2.63. The Labute approximate surface area is 115 Å². The monoisotopic (exact) mass is 274 g/mol. The lowest BCUT2D eigenvalue weighted by Gasteiger charge is -2.35. The minimum atomic E-state index is -0.486. The fourth-order valence-corrected chi connectivity index (χ4v) is 2.63. The SMILES string of the molecule is Cc1nnc2n1-c1c(F)ccc(CC=O)c1NC2(C)C. The summed E-state index contributed by atoms with van der Waals surface area (Å²) in [5, 5.41) is 11.5. The van der Waals surface area contributed by atoms with Crippen LogP contribution < -0.4 is 5.32 Å². The van der Waals surface area contributed by atoms with Gasteiger partial charge in [-0.3, -0.25) is 4.57 Å². The summed E-state index contributed by atoms with van der Waals surface area (Å²) in [7, 11) is 0. The number of nitrogens with one attached hydrogen (secondary N) is 1. The molecule has 0 saturated carbocycles. The van der Waals surface area contributed by atoms with Gasteiger partial charge in [0.2, 0.25) is 0 Å². The van der Waals surface area contributed by atoms with Crippen LogP contribution in [0.25, 0.3) is 5.69 Å². The van der Waals surface area contributed by atoms with Crippen molar-refractivity contribution in [3.05, 3.63) is 35.2 Å². The van der Waals surface area contributed by atoms with E-state index >= 15 is 0 Å². The fraction of sp³-hybridized carbons (Fsp3) is 0.357. The molecule has 3 rings (SSSR count). The number of rotatable bonds is 2. The van der Waals surface area contributed by atoms with Gasteiger partial charge in [0.25, 0.3) is 0 Å². The molecule has 20 heavy (non-hydrogen) atoms. The smallest absolute Gasteiger partial charge is 0.162 e. The van der Waals surface area contributed by atoms with E-state index in [0.717, 1.165) is 11.8 Å². The van der Waals surface area contributed by atoms with Crippen molar-refractivity contribution < 1.29 is 9.18 Å². The van der Waals surface area contributed by atoms with Gasteiger partial charge in [-0.1, -0.05) is 6.07 Å². The number of carbonyl (C=O) groups excluding carboxylic acids is 1. The molecule has 0 bridgehead atoms. The third-order valence-corrected chi connectivity index (χ3v) is 3.56. The summed E-state index contributed by atoms with van der Waals surface area (Å²) in [6, 6.07) is 3.01. The Bertz CT molecular complexity index is 705. The second kappa shape index (κ2) is 4.13. The first-order chi connectivity index (χ1) is 9.45. The third kappa shape index (κ3) is 1.64. The van der Waals surface area contributed by atoms with Crippen molar-refractivity contribution >= 4 is 12.0 Å². The topological polar surface area (TPSA) is 59.8 Å². The molecule has 1 aliphatic rings. The number of aromatic nitrogens is 3. The first-order valence-electron chi connectivity index (χ1n) is 6.42. The molecule has 0 aliphatic carbocycles. The average molecular weight is 274 g/mol. The van der Waals surface area contributed by atoms with Gasteiger partial charge in [-0.2, -0.15) is 0 Å². The first-order valence-corrected chi connectivity index (χ1v) is 6.42. The Balaban J connectivity index is 2.36. The third-order valence-electron chi connectivity index (χ3n) is 3.56. The summed E-state index contributed by atoms with van der Waals surface area (Å²) >= 11 is 0. The number of fused-ring (bicyclic) bond motifs is 3. The van der Waals surface area contributed by atoms with Crippen LogP contribution in [0.1, 0.15) is 31.1 Å². The maximum Gasteiger partial charge on any atom is 0.162 e. The lowest BCUT2D eigenvalue weighted by atomic mass is 9.97. The van der Waals surface area contributed by atoms with Crippen molar-refractivity contribution in [3.63, 3.8) is 0 Å². The lowest BCUT2D eigenvalue weighted by molar-refractivity contribution is -0.107. The molecule has 2 aromatic rings. The summed E-state index contributed by atoms with van der Waals surface area (Å²) in [6.07, 6.45) is 1.05. The molecule has 6 heteroatoms. The van der Waals surface area contributed by atoms with Crippen molar-refractivity contribution in [1.82, 2.24) is 14.8 Å². The van der Waals surface area contributed by atoms with Gasteiger partial charge in [-0.05, 0) is 32.4 Å². The normalized spacial score (nSPS) is 15.2. The highest BCUT2D eigenvalue weighted by atomic mass is 19.1. The number of aryl methyl sites for hydroxylation is 1. The van der Waals surface area contributed by atoms with Crippen molar-refractivity contribution in [2.24, 2.45) is 0 Å². The van der Waals surface area contributed by atoms with Gasteiger partial charge in [0, 0.05) is 6.42 Å². The number of carbonyl (C=O) groups is 1. The Kier molecular flexibility index (Phi) is 2.64. The quantitative estimate of drug-likeness (QED) is 0.852. The van der Waals surface area contributed by atoms with Crippen LogP contribution in [-0.4, -0.2) is 21.1 Å². The largest absolute Gasteiger partial charge is 0.371 e. The molecule has 0 spiro atoms. The van der Waals surface area contributed by atoms with E-state index in [4.69, 9.17) is 0 Å². The second-order valence-electron chi connectivity index (χ2n) is 5.46. The maximum absolute atomic E-state index is 14.3. The van der Waals surface area contributed by atoms with E-state index in [-0.39, 0.29) is 12.2 Å². The van der Waals surface area contributed by atoms with E-state index in [1.54, 1.807) is 17.6 Å². The van der Waals surface area contributed by atoms with Crippen molar-refractivity contribution in [3.8, 4) is 5.69 Å². The van der Waals surface area contributed by atoms with Gasteiger partial charge in [0.15, 0.2) is 5.82 Å². The molecular weight excluding hydrogens is 259 g/mol. The summed E-state index contributed by atoms with van der Waals surface area (Å²) in [5.41, 5.74) is 1.31. The molecule has 0 saturated heterocycles. The predicted octanol–water partition coefficient (Wildman–Crippen LogP) is 2.12. The zero-order chi connectivity index (χ0) is 14.5. The molecule has 5 nitrogen and oxygen atoms in total. The number of benzene rings is 1. The van der Waals surface area contributed by atoms with Gasteiger partial charge in [-0.15, -0.1) is 10.2 Å². The van der Waals surface area contributed by atoms with E-state index < -0.39 is 5.54 Å². The molecule has 1 N–H and O–H groups in total. The summed E-state index contributed by atoms with van der Waals surface area (Å²) in [4.78, 5) is 10.8. The number of hydrogen-bond donors (Lipinski definition) is 1. The summed E-state index contributed by atoms with van der Waals surface area (Å²) < 4.78 is 16.0. The molecule has 2 heterocycles. The van der Waals surface area contributed by atoms with Crippen molar-refractivity contribution in [2.75, 3.05) is 5.32 Å². The van der Waals surface area contributed by atoms with Gasteiger partial charge in [0.05, 0.1) is 11.2 Å². The van der Waals surface area contributed by atoms with E-state index in [2.05, 4.69) is 15.5 Å². The zero-order valence-electron chi connectivity index (χ0n) is 11.6. The number of nitrogens with zero attached hydrogens (tertiary/aromatic N) is 3. The molecule has 0 atom stereocenters. The van der Waals surface area contributed by atoms with E-state index in [1.807, 2.05) is 13.8 Å². The van der Waals surface area contributed by atoms with Crippen LogP contribution in [0.2, 0.25) is 0 Å². The van der Waals surface area contributed by atoms with Crippen LogP contribution in [0.4, 0.5) is 10.1 Å². The first kappa shape index (κ1) is 12.8. The maximum atomic E-state index is 14.3. The molecule has 0 fully saturated rings. The highest BCUT2D eigenvalue weighted by Gasteiger charge is 2.36. The highest BCUT2D eigenvalue weighted by Crippen LogP contribution is 2.39.